The molecule has 0 aliphatic carbocycles. The number of unbranched alkanes of at least 4 members (excludes halogenated alkanes) is 2. The van der Waals surface area contributed by atoms with Gasteiger partial charge in [-0.2, -0.15) is 10.2 Å². The van der Waals surface area contributed by atoms with Gasteiger partial charge in [0.15, 0.2) is 0 Å². The lowest BCUT2D eigenvalue weighted by atomic mass is 10.1. The van der Waals surface area contributed by atoms with Gasteiger partial charge >= 0.3 is 0 Å². The number of nitrogens with zero attached hydrogens (tertiary/aromatic N) is 3. The van der Waals surface area contributed by atoms with Gasteiger partial charge in [0, 0.05) is 24.1 Å². The van der Waals surface area contributed by atoms with Crippen molar-refractivity contribution < 1.29 is 14.1 Å². The summed E-state index contributed by atoms with van der Waals surface area (Å²) in [5.41, 5.74) is 1.86. The highest BCUT2D eigenvalue weighted by Gasteiger charge is 2.09. The van der Waals surface area contributed by atoms with E-state index in [2.05, 4.69) is 15.5 Å². The van der Waals surface area contributed by atoms with Crippen molar-refractivity contribution in [3.63, 3.8) is 0 Å². The first-order valence-corrected chi connectivity index (χ1v) is 9.45. The van der Waals surface area contributed by atoms with Crippen LogP contribution in [0.5, 0.6) is 5.75 Å². The molecule has 0 fully saturated rings. The van der Waals surface area contributed by atoms with Crippen molar-refractivity contribution in [2.24, 2.45) is 0 Å². The summed E-state index contributed by atoms with van der Waals surface area (Å²) in [6.45, 7) is 0.580. The lowest BCUT2D eigenvalue weighted by Crippen LogP contribution is -2.24. The highest BCUT2D eigenvalue weighted by Crippen LogP contribution is 2.20. The average Bonchev–Trinajstić information content (AvgIpc) is 3.25. The number of hydrogen-bond acceptors (Lipinski definition) is 6. The molecule has 0 unspecified atom stereocenters. The van der Waals surface area contributed by atoms with E-state index in [0.29, 0.717) is 35.8 Å². The monoisotopic (exact) mass is 390 g/mol. The molecule has 1 aromatic heterocycles. The second kappa shape index (κ2) is 10.0. The number of aromatic nitrogens is 2. The number of ether oxygens (including phenoxy) is 1. The largest absolute Gasteiger partial charge is 0.497 e. The minimum Gasteiger partial charge on any atom is -0.497 e. The van der Waals surface area contributed by atoms with E-state index in [1.807, 2.05) is 30.3 Å². The van der Waals surface area contributed by atoms with Crippen LogP contribution < -0.4 is 10.1 Å². The maximum Gasteiger partial charge on any atom is 0.251 e. The fourth-order valence-corrected chi connectivity index (χ4v) is 2.83. The van der Waals surface area contributed by atoms with Crippen LogP contribution in [0.3, 0.4) is 0 Å². The van der Waals surface area contributed by atoms with E-state index >= 15 is 0 Å². The Hall–Kier alpha value is -3.66. The van der Waals surface area contributed by atoms with Gasteiger partial charge in [-0.15, -0.1) is 0 Å². The lowest BCUT2D eigenvalue weighted by molar-refractivity contribution is 0.0953. The molecular formula is C22H22N4O3. The third kappa shape index (κ3) is 5.66. The van der Waals surface area contributed by atoms with Crippen LogP contribution in [0.2, 0.25) is 0 Å². The van der Waals surface area contributed by atoms with Gasteiger partial charge in [0.05, 0.1) is 18.7 Å². The van der Waals surface area contributed by atoms with Crippen molar-refractivity contribution >= 4 is 5.91 Å². The summed E-state index contributed by atoms with van der Waals surface area (Å²) in [6.07, 6.45) is 3.37. The van der Waals surface area contributed by atoms with E-state index < -0.39 is 0 Å². The molecule has 0 aliphatic rings. The normalized spacial score (nSPS) is 10.3. The van der Waals surface area contributed by atoms with E-state index in [-0.39, 0.29) is 5.91 Å². The number of amides is 1. The highest BCUT2D eigenvalue weighted by molar-refractivity contribution is 5.94. The van der Waals surface area contributed by atoms with Gasteiger partial charge in [-0.1, -0.05) is 17.6 Å². The first-order valence-electron chi connectivity index (χ1n) is 9.45. The summed E-state index contributed by atoms with van der Waals surface area (Å²) >= 11 is 0. The molecule has 0 atom stereocenters. The number of aryl methyl sites for hydroxylation is 1. The molecule has 3 aromatic rings. The highest BCUT2D eigenvalue weighted by atomic mass is 16.5. The van der Waals surface area contributed by atoms with Crippen molar-refractivity contribution in [2.45, 2.75) is 25.7 Å². The van der Waals surface area contributed by atoms with Gasteiger partial charge in [-0.05, 0) is 55.3 Å². The van der Waals surface area contributed by atoms with Crippen LogP contribution in [0.25, 0.3) is 11.4 Å². The second-order valence-electron chi connectivity index (χ2n) is 6.50. The van der Waals surface area contributed by atoms with Crippen LogP contribution in [0.1, 0.15) is 41.1 Å². The molecule has 1 heterocycles. The molecule has 0 aliphatic heterocycles. The van der Waals surface area contributed by atoms with E-state index in [4.69, 9.17) is 14.5 Å². The van der Waals surface area contributed by atoms with Gasteiger partial charge in [0.25, 0.3) is 5.91 Å². The molecule has 29 heavy (non-hydrogen) atoms. The van der Waals surface area contributed by atoms with Crippen LogP contribution in [-0.4, -0.2) is 29.7 Å². The minimum atomic E-state index is -0.164. The van der Waals surface area contributed by atoms with Crippen LogP contribution in [-0.2, 0) is 6.42 Å². The van der Waals surface area contributed by atoms with E-state index in [0.717, 1.165) is 30.6 Å². The fourth-order valence-electron chi connectivity index (χ4n) is 2.83. The minimum absolute atomic E-state index is 0.164. The Kier molecular flexibility index (Phi) is 6.95. The second-order valence-corrected chi connectivity index (χ2v) is 6.50. The van der Waals surface area contributed by atoms with E-state index in [1.54, 1.807) is 31.4 Å². The molecule has 7 nitrogen and oxygen atoms in total. The van der Waals surface area contributed by atoms with Gasteiger partial charge in [-0.25, -0.2) is 0 Å². The van der Waals surface area contributed by atoms with Crippen LogP contribution in [0.15, 0.2) is 53.1 Å². The number of hydrogen-bond donors (Lipinski definition) is 1. The SMILES string of the molecule is COc1ccc(-c2noc(CCCCCNC(=O)c3cccc(C#N)c3)n2)cc1. The third-order valence-corrected chi connectivity index (χ3v) is 4.42. The summed E-state index contributed by atoms with van der Waals surface area (Å²) in [7, 11) is 1.62. The molecule has 7 heteroatoms. The summed E-state index contributed by atoms with van der Waals surface area (Å²) in [4.78, 5) is 16.5. The molecule has 148 valence electrons. The molecule has 0 spiro atoms. The van der Waals surface area contributed by atoms with Gasteiger partial charge in [0.2, 0.25) is 11.7 Å². The molecular weight excluding hydrogens is 368 g/mol. The molecule has 0 bridgehead atoms. The fraction of sp³-hybridized carbons (Fsp3) is 0.273. The number of nitrogens with one attached hydrogen (secondary N) is 1. The smallest absolute Gasteiger partial charge is 0.251 e. The third-order valence-electron chi connectivity index (χ3n) is 4.42. The van der Waals surface area contributed by atoms with Crippen LogP contribution in [0, 0.1) is 11.3 Å². The summed E-state index contributed by atoms with van der Waals surface area (Å²) < 4.78 is 10.5. The summed E-state index contributed by atoms with van der Waals surface area (Å²) in [5.74, 6) is 1.79. The quantitative estimate of drug-likeness (QED) is 0.558. The standard InChI is InChI=1S/C22H22N4O3/c1-28-19-11-9-17(10-12-19)21-25-20(29-26-21)8-3-2-4-13-24-22(27)18-7-5-6-16(14-18)15-23/h5-7,9-12,14H,2-4,8,13H2,1H3,(H,24,27). The predicted molar refractivity (Wildman–Crippen MR) is 107 cm³/mol. The zero-order chi connectivity index (χ0) is 20.5. The number of methoxy groups -OCH3 is 1. The number of carbonyl (C=O) groups is 1. The van der Waals surface area contributed by atoms with Crippen molar-refractivity contribution in [1.29, 1.82) is 5.26 Å². The first kappa shape index (κ1) is 20.1. The predicted octanol–water partition coefficient (Wildman–Crippen LogP) is 3.76. The molecule has 1 N–H and O–H groups in total. The number of rotatable bonds is 9. The van der Waals surface area contributed by atoms with Crippen LogP contribution >= 0.6 is 0 Å². The summed E-state index contributed by atoms with van der Waals surface area (Å²) in [5, 5.41) is 15.8. The Morgan fingerprint density at radius 1 is 1.17 bits per heavy atom. The summed E-state index contributed by atoms with van der Waals surface area (Å²) in [6, 6.07) is 16.2. The molecule has 0 saturated carbocycles. The van der Waals surface area contributed by atoms with Gasteiger partial charge in [-0.3, -0.25) is 4.79 Å². The first-order chi connectivity index (χ1) is 14.2. The molecule has 0 radical (unpaired) electrons. The van der Waals surface area contributed by atoms with E-state index in [1.165, 1.54) is 0 Å². The lowest BCUT2D eigenvalue weighted by Gasteiger charge is -2.05. The van der Waals surface area contributed by atoms with Crippen molar-refractivity contribution in [3.8, 4) is 23.2 Å². The average molecular weight is 390 g/mol. The Balaban J connectivity index is 1.37. The van der Waals surface area contributed by atoms with E-state index in [9.17, 15) is 4.79 Å². The Bertz CT molecular complexity index is 990. The van der Waals surface area contributed by atoms with Crippen molar-refractivity contribution in [1.82, 2.24) is 15.5 Å². The number of carbonyl (C=O) groups excluding carboxylic acids is 1. The Morgan fingerprint density at radius 3 is 2.76 bits per heavy atom. The number of nitriles is 1. The van der Waals surface area contributed by atoms with Crippen molar-refractivity contribution in [3.05, 3.63) is 65.5 Å². The number of benzene rings is 2. The maximum atomic E-state index is 12.1. The molecule has 0 saturated heterocycles. The van der Waals surface area contributed by atoms with Crippen LogP contribution in [0.4, 0.5) is 0 Å². The Morgan fingerprint density at radius 2 is 2.00 bits per heavy atom. The van der Waals surface area contributed by atoms with Gasteiger partial charge < -0.3 is 14.6 Å². The molecule has 1 amide bonds. The zero-order valence-corrected chi connectivity index (χ0v) is 16.2. The Labute approximate surface area is 169 Å². The maximum absolute atomic E-state index is 12.1. The molecule has 2 aromatic carbocycles. The van der Waals surface area contributed by atoms with Crippen molar-refractivity contribution in [2.75, 3.05) is 13.7 Å². The molecule has 3 rings (SSSR count). The topological polar surface area (TPSA) is 101 Å². The zero-order valence-electron chi connectivity index (χ0n) is 16.2. The van der Waals surface area contributed by atoms with Gasteiger partial charge in [0.1, 0.15) is 5.75 Å².